The van der Waals surface area contributed by atoms with Crippen LogP contribution in [0.15, 0.2) is 60.2 Å². The smallest absolute Gasteiger partial charge is 0.295 e. The molecule has 1 fully saturated rings. The molecule has 8 heteroatoms. The SMILES string of the molecule is CCN(CC)CCN1C(=O)C(=O)C(=C(O)c2ccccc2)[C@@H]1c1ccc([N+](=O)[O-])cc1. The van der Waals surface area contributed by atoms with E-state index in [9.17, 15) is 24.8 Å². The normalized spacial score (nSPS) is 18.0. The number of ketones is 1. The quantitative estimate of drug-likeness (QED) is 0.230. The van der Waals surface area contributed by atoms with Crippen molar-refractivity contribution in [1.29, 1.82) is 0 Å². The summed E-state index contributed by atoms with van der Waals surface area (Å²) in [4.78, 5) is 39.9. The lowest BCUT2D eigenvalue weighted by atomic mass is 9.95. The van der Waals surface area contributed by atoms with E-state index in [0.717, 1.165) is 13.1 Å². The second kappa shape index (κ2) is 9.53. The molecular formula is C23H25N3O5. The molecule has 2 aromatic rings. The summed E-state index contributed by atoms with van der Waals surface area (Å²) in [5, 5.41) is 22.0. The zero-order valence-corrected chi connectivity index (χ0v) is 17.5. The van der Waals surface area contributed by atoms with Gasteiger partial charge in [-0.15, -0.1) is 0 Å². The van der Waals surface area contributed by atoms with Crippen LogP contribution in [0.4, 0.5) is 5.69 Å². The van der Waals surface area contributed by atoms with Crippen LogP contribution in [0.5, 0.6) is 0 Å². The number of nitrogens with zero attached hydrogens (tertiary/aromatic N) is 3. The highest BCUT2D eigenvalue weighted by atomic mass is 16.6. The largest absolute Gasteiger partial charge is 0.507 e. The van der Waals surface area contributed by atoms with Crippen molar-refractivity contribution in [3.8, 4) is 0 Å². The number of hydrogen-bond acceptors (Lipinski definition) is 6. The third kappa shape index (κ3) is 4.49. The molecule has 0 aliphatic carbocycles. The number of nitro benzene ring substituents is 1. The second-order valence-corrected chi connectivity index (χ2v) is 7.23. The van der Waals surface area contributed by atoms with Crippen LogP contribution in [-0.2, 0) is 9.59 Å². The number of amides is 1. The van der Waals surface area contributed by atoms with Crippen LogP contribution in [0.2, 0.25) is 0 Å². The number of aliphatic hydroxyl groups excluding tert-OH is 1. The Morgan fingerprint density at radius 1 is 1.06 bits per heavy atom. The topological polar surface area (TPSA) is 104 Å². The predicted octanol–water partition coefficient (Wildman–Crippen LogP) is 3.36. The molecule has 1 amide bonds. The van der Waals surface area contributed by atoms with Crippen LogP contribution in [-0.4, -0.2) is 57.7 Å². The molecule has 2 aromatic carbocycles. The molecule has 162 valence electrons. The average Bonchev–Trinajstić information content (AvgIpc) is 3.04. The molecule has 1 aliphatic rings. The molecule has 8 nitrogen and oxygen atoms in total. The monoisotopic (exact) mass is 423 g/mol. The van der Waals surface area contributed by atoms with Crippen molar-refractivity contribution in [1.82, 2.24) is 9.80 Å². The first-order valence-electron chi connectivity index (χ1n) is 10.2. The fourth-order valence-electron chi connectivity index (χ4n) is 3.78. The summed E-state index contributed by atoms with van der Waals surface area (Å²) >= 11 is 0. The van der Waals surface area contributed by atoms with Gasteiger partial charge >= 0.3 is 0 Å². The van der Waals surface area contributed by atoms with Gasteiger partial charge in [0.2, 0.25) is 0 Å². The first kappa shape index (κ1) is 22.2. The minimum atomic E-state index is -0.823. The van der Waals surface area contributed by atoms with E-state index >= 15 is 0 Å². The van der Waals surface area contributed by atoms with Crippen LogP contribution in [0.3, 0.4) is 0 Å². The number of carbonyl (C=O) groups excluding carboxylic acids is 2. The van der Waals surface area contributed by atoms with Gasteiger partial charge in [-0.1, -0.05) is 44.2 Å². The molecule has 1 heterocycles. The molecule has 1 atom stereocenters. The van der Waals surface area contributed by atoms with E-state index in [1.807, 2.05) is 13.8 Å². The van der Waals surface area contributed by atoms with Crippen molar-refractivity contribution in [3.05, 3.63) is 81.4 Å². The molecule has 3 rings (SSSR count). The first-order chi connectivity index (χ1) is 14.9. The molecule has 0 bridgehead atoms. The highest BCUT2D eigenvalue weighted by molar-refractivity contribution is 6.46. The van der Waals surface area contributed by atoms with E-state index in [4.69, 9.17) is 0 Å². The summed E-state index contributed by atoms with van der Waals surface area (Å²) in [7, 11) is 0. The van der Waals surface area contributed by atoms with E-state index in [2.05, 4.69) is 4.90 Å². The van der Waals surface area contributed by atoms with Gasteiger partial charge in [0.1, 0.15) is 5.76 Å². The van der Waals surface area contributed by atoms with E-state index < -0.39 is 22.7 Å². The number of hydrogen-bond donors (Lipinski definition) is 1. The van der Waals surface area contributed by atoms with Crippen LogP contribution in [0, 0.1) is 10.1 Å². The maximum absolute atomic E-state index is 12.9. The number of rotatable bonds is 8. The Bertz CT molecular complexity index is 998. The lowest BCUT2D eigenvalue weighted by Gasteiger charge is -2.28. The summed E-state index contributed by atoms with van der Waals surface area (Å²) in [6, 6.07) is 13.5. The third-order valence-electron chi connectivity index (χ3n) is 5.56. The fraction of sp³-hybridized carbons (Fsp3) is 0.304. The number of non-ortho nitro benzene ring substituents is 1. The van der Waals surface area contributed by atoms with E-state index in [0.29, 0.717) is 24.2 Å². The Balaban J connectivity index is 2.09. The lowest BCUT2D eigenvalue weighted by Crippen LogP contribution is -2.38. The van der Waals surface area contributed by atoms with Gasteiger partial charge in [-0.2, -0.15) is 0 Å². The minimum absolute atomic E-state index is 0.00963. The van der Waals surface area contributed by atoms with Crippen LogP contribution in [0.25, 0.3) is 5.76 Å². The number of benzene rings is 2. The van der Waals surface area contributed by atoms with Gasteiger partial charge < -0.3 is 14.9 Å². The summed E-state index contributed by atoms with van der Waals surface area (Å²) < 4.78 is 0. The fourth-order valence-corrected chi connectivity index (χ4v) is 3.78. The Kier molecular flexibility index (Phi) is 6.81. The Morgan fingerprint density at radius 2 is 1.68 bits per heavy atom. The summed E-state index contributed by atoms with van der Waals surface area (Å²) in [5.41, 5.74) is 0.856. The Hall–Kier alpha value is -3.52. The molecule has 0 unspecified atom stereocenters. The van der Waals surface area contributed by atoms with Crippen molar-refractivity contribution in [3.63, 3.8) is 0 Å². The van der Waals surface area contributed by atoms with Gasteiger partial charge in [0.15, 0.2) is 0 Å². The van der Waals surface area contributed by atoms with Crippen LogP contribution < -0.4 is 0 Å². The van der Waals surface area contributed by atoms with Gasteiger partial charge in [-0.05, 0) is 30.8 Å². The Labute approximate surface area is 180 Å². The molecular weight excluding hydrogens is 398 g/mol. The molecule has 31 heavy (non-hydrogen) atoms. The van der Waals surface area contributed by atoms with Gasteiger partial charge in [0, 0.05) is 30.8 Å². The van der Waals surface area contributed by atoms with Gasteiger partial charge in [0.25, 0.3) is 17.4 Å². The number of likely N-dealkylation sites (N-methyl/N-ethyl adjacent to an activating group) is 1. The maximum Gasteiger partial charge on any atom is 0.295 e. The Morgan fingerprint density at radius 3 is 2.23 bits per heavy atom. The molecule has 1 aliphatic heterocycles. The van der Waals surface area contributed by atoms with Crippen molar-refractivity contribution < 1.29 is 19.6 Å². The molecule has 1 N–H and O–H groups in total. The van der Waals surface area contributed by atoms with E-state index in [1.165, 1.54) is 29.2 Å². The minimum Gasteiger partial charge on any atom is -0.507 e. The molecule has 0 saturated carbocycles. The first-order valence-corrected chi connectivity index (χ1v) is 10.2. The highest BCUT2D eigenvalue weighted by Gasteiger charge is 2.46. The summed E-state index contributed by atoms with van der Waals surface area (Å²) in [6.07, 6.45) is 0. The third-order valence-corrected chi connectivity index (χ3v) is 5.56. The zero-order chi connectivity index (χ0) is 22.5. The van der Waals surface area contributed by atoms with Gasteiger partial charge in [-0.3, -0.25) is 19.7 Å². The molecule has 1 saturated heterocycles. The number of likely N-dealkylation sites (tertiary alicyclic amines) is 1. The van der Waals surface area contributed by atoms with Crippen molar-refractivity contribution in [2.45, 2.75) is 19.9 Å². The van der Waals surface area contributed by atoms with Crippen LogP contribution >= 0.6 is 0 Å². The second-order valence-electron chi connectivity index (χ2n) is 7.23. The number of carbonyl (C=O) groups is 2. The molecule has 0 radical (unpaired) electrons. The van der Waals surface area contributed by atoms with E-state index in [-0.39, 0.29) is 17.0 Å². The van der Waals surface area contributed by atoms with Crippen LogP contribution in [0.1, 0.15) is 31.0 Å². The standard InChI is InChI=1S/C23H25N3O5/c1-3-24(4-2)14-15-25-20(16-10-12-18(13-11-16)26(30)31)19(22(28)23(25)29)21(27)17-8-6-5-7-9-17/h5-13,20,27H,3-4,14-15H2,1-2H3/t20-/m0/s1. The highest BCUT2D eigenvalue weighted by Crippen LogP contribution is 2.39. The van der Waals surface area contributed by atoms with Crippen molar-refractivity contribution in [2.75, 3.05) is 26.2 Å². The number of Topliss-reactive ketones (excluding diaryl/α,β-unsaturated/α-hetero) is 1. The maximum atomic E-state index is 12.9. The predicted molar refractivity (Wildman–Crippen MR) is 116 cm³/mol. The zero-order valence-electron chi connectivity index (χ0n) is 17.5. The number of nitro groups is 1. The molecule has 0 aromatic heterocycles. The summed E-state index contributed by atoms with van der Waals surface area (Å²) in [6.45, 7) is 6.48. The molecule has 0 spiro atoms. The average molecular weight is 423 g/mol. The van der Waals surface area contributed by atoms with Gasteiger partial charge in [0.05, 0.1) is 16.5 Å². The van der Waals surface area contributed by atoms with Gasteiger partial charge in [-0.25, -0.2) is 0 Å². The van der Waals surface area contributed by atoms with Crippen molar-refractivity contribution in [2.24, 2.45) is 0 Å². The summed E-state index contributed by atoms with van der Waals surface area (Å²) in [5.74, 6) is -1.70. The van der Waals surface area contributed by atoms with Crippen molar-refractivity contribution >= 4 is 23.1 Å². The van der Waals surface area contributed by atoms with E-state index in [1.54, 1.807) is 30.3 Å². The number of aliphatic hydroxyl groups is 1. The lowest BCUT2D eigenvalue weighted by molar-refractivity contribution is -0.384.